The number of aromatic amines is 1. The normalized spacial score (nSPS) is 10.4. The average Bonchev–Trinajstić information content (AvgIpc) is 2.82. The summed E-state index contributed by atoms with van der Waals surface area (Å²) in [7, 11) is 3.14. The highest BCUT2D eigenvalue weighted by Crippen LogP contribution is 2.17. The van der Waals surface area contributed by atoms with E-state index in [0.29, 0.717) is 29.4 Å². The molecule has 3 rings (SSSR count). The Morgan fingerprint density at radius 1 is 1.00 bits per heavy atom. The molecule has 10 heteroatoms. The molecule has 0 aliphatic carbocycles. The molecule has 33 heavy (non-hydrogen) atoms. The summed E-state index contributed by atoms with van der Waals surface area (Å²) in [5.74, 6) is 0.906. The van der Waals surface area contributed by atoms with Crippen LogP contribution in [0.4, 0.5) is 5.69 Å². The summed E-state index contributed by atoms with van der Waals surface area (Å²) >= 11 is 1.08. The van der Waals surface area contributed by atoms with E-state index < -0.39 is 5.56 Å². The fourth-order valence-corrected chi connectivity index (χ4v) is 3.55. The molecule has 0 bridgehead atoms. The van der Waals surface area contributed by atoms with Crippen LogP contribution < -0.4 is 25.7 Å². The van der Waals surface area contributed by atoms with Gasteiger partial charge in [0.1, 0.15) is 11.5 Å². The molecule has 0 saturated heterocycles. The number of benzene rings is 2. The second kappa shape index (κ2) is 11.7. The van der Waals surface area contributed by atoms with Crippen LogP contribution in [0.5, 0.6) is 11.5 Å². The SMILES string of the molecule is COc1ccc(NC(=O)CSc2nc(CC(=O)NCc3cccc(OC)c3)cc(=O)[nH]2)cc1. The van der Waals surface area contributed by atoms with E-state index in [1.165, 1.54) is 6.07 Å². The molecule has 0 radical (unpaired) electrons. The van der Waals surface area contributed by atoms with Crippen molar-refractivity contribution in [1.29, 1.82) is 0 Å². The Morgan fingerprint density at radius 3 is 2.48 bits per heavy atom. The summed E-state index contributed by atoms with van der Waals surface area (Å²) in [6, 6.07) is 15.6. The van der Waals surface area contributed by atoms with Crippen molar-refractivity contribution < 1.29 is 19.1 Å². The van der Waals surface area contributed by atoms with Gasteiger partial charge in [-0.25, -0.2) is 4.98 Å². The monoisotopic (exact) mass is 468 g/mol. The van der Waals surface area contributed by atoms with Crippen molar-refractivity contribution in [3.8, 4) is 11.5 Å². The molecule has 0 aliphatic rings. The van der Waals surface area contributed by atoms with Gasteiger partial charge >= 0.3 is 0 Å². The number of amides is 2. The van der Waals surface area contributed by atoms with Crippen LogP contribution >= 0.6 is 11.8 Å². The lowest BCUT2D eigenvalue weighted by Gasteiger charge is -2.08. The Balaban J connectivity index is 1.52. The molecule has 0 aliphatic heterocycles. The molecule has 3 N–H and O–H groups in total. The van der Waals surface area contributed by atoms with E-state index in [-0.39, 0.29) is 29.1 Å². The van der Waals surface area contributed by atoms with E-state index in [9.17, 15) is 14.4 Å². The number of nitrogens with one attached hydrogen (secondary N) is 3. The molecule has 2 amide bonds. The number of ether oxygens (including phenoxy) is 2. The molecule has 172 valence electrons. The van der Waals surface area contributed by atoms with E-state index in [1.807, 2.05) is 24.3 Å². The Kier molecular flexibility index (Phi) is 8.48. The van der Waals surface area contributed by atoms with Crippen molar-refractivity contribution in [2.75, 3.05) is 25.3 Å². The van der Waals surface area contributed by atoms with Crippen molar-refractivity contribution in [1.82, 2.24) is 15.3 Å². The summed E-state index contributed by atoms with van der Waals surface area (Å²) in [5.41, 5.74) is 1.45. The van der Waals surface area contributed by atoms with Gasteiger partial charge in [0.2, 0.25) is 11.8 Å². The zero-order chi connectivity index (χ0) is 23.6. The third-order valence-electron chi connectivity index (χ3n) is 4.45. The number of carbonyl (C=O) groups excluding carboxylic acids is 2. The van der Waals surface area contributed by atoms with Crippen molar-refractivity contribution in [2.45, 2.75) is 18.1 Å². The first-order valence-electron chi connectivity index (χ1n) is 10.0. The maximum absolute atomic E-state index is 12.3. The molecule has 9 nitrogen and oxygen atoms in total. The first-order valence-corrected chi connectivity index (χ1v) is 11.0. The third-order valence-corrected chi connectivity index (χ3v) is 5.33. The van der Waals surface area contributed by atoms with Crippen LogP contribution in [0, 0.1) is 0 Å². The molecule has 0 saturated carbocycles. The minimum Gasteiger partial charge on any atom is -0.497 e. The van der Waals surface area contributed by atoms with E-state index in [4.69, 9.17) is 9.47 Å². The molecule has 0 unspecified atom stereocenters. The van der Waals surface area contributed by atoms with Crippen LogP contribution in [0.15, 0.2) is 64.5 Å². The number of carbonyl (C=O) groups is 2. The van der Waals surface area contributed by atoms with Gasteiger partial charge in [-0.3, -0.25) is 14.4 Å². The number of rotatable bonds is 10. The molecular weight excluding hydrogens is 444 g/mol. The number of H-pyrrole nitrogens is 1. The molecular formula is C23H24N4O5S. The Labute approximate surface area is 194 Å². The van der Waals surface area contributed by atoms with Crippen LogP contribution in [0.3, 0.4) is 0 Å². The smallest absolute Gasteiger partial charge is 0.251 e. The highest BCUT2D eigenvalue weighted by Gasteiger charge is 2.10. The van der Waals surface area contributed by atoms with E-state index in [1.54, 1.807) is 38.5 Å². The van der Waals surface area contributed by atoms with Crippen molar-refractivity contribution in [2.24, 2.45) is 0 Å². The molecule has 0 spiro atoms. The van der Waals surface area contributed by atoms with Gasteiger partial charge in [0.05, 0.1) is 32.1 Å². The maximum atomic E-state index is 12.3. The summed E-state index contributed by atoms with van der Waals surface area (Å²) in [4.78, 5) is 43.3. The number of thioether (sulfide) groups is 1. The molecule has 0 fully saturated rings. The van der Waals surface area contributed by atoms with Gasteiger partial charge in [-0.1, -0.05) is 23.9 Å². The van der Waals surface area contributed by atoms with Gasteiger partial charge in [-0.2, -0.15) is 0 Å². The second-order valence-electron chi connectivity index (χ2n) is 6.91. The number of hydrogen-bond acceptors (Lipinski definition) is 7. The number of methoxy groups -OCH3 is 2. The summed E-state index contributed by atoms with van der Waals surface area (Å²) < 4.78 is 10.3. The predicted octanol–water partition coefficient (Wildman–Crippen LogP) is 2.38. The lowest BCUT2D eigenvalue weighted by molar-refractivity contribution is -0.120. The van der Waals surface area contributed by atoms with Gasteiger partial charge in [-0.15, -0.1) is 0 Å². The maximum Gasteiger partial charge on any atom is 0.251 e. The Morgan fingerprint density at radius 2 is 1.76 bits per heavy atom. The van der Waals surface area contributed by atoms with Gasteiger partial charge < -0.3 is 25.1 Å². The summed E-state index contributed by atoms with van der Waals surface area (Å²) in [6.07, 6.45) is -0.0561. The van der Waals surface area contributed by atoms with Crippen LogP contribution in [-0.2, 0) is 22.6 Å². The Bertz CT molecular complexity index is 1160. The van der Waals surface area contributed by atoms with Crippen molar-refractivity contribution >= 4 is 29.3 Å². The average molecular weight is 469 g/mol. The molecule has 2 aromatic carbocycles. The standard InChI is InChI=1S/C23H24N4O5S/c1-31-18-8-6-16(7-9-18)25-22(30)14-33-23-26-17(12-21(29)27-23)11-20(28)24-13-15-4-3-5-19(10-15)32-2/h3-10,12H,11,13-14H2,1-2H3,(H,24,28)(H,25,30)(H,26,27,29). The zero-order valence-corrected chi connectivity index (χ0v) is 19.0. The van der Waals surface area contributed by atoms with Crippen molar-refractivity contribution in [3.05, 3.63) is 76.2 Å². The molecule has 0 atom stereocenters. The highest BCUT2D eigenvalue weighted by molar-refractivity contribution is 7.99. The van der Waals surface area contributed by atoms with Crippen LogP contribution in [0.25, 0.3) is 0 Å². The molecule has 1 aromatic heterocycles. The quantitative estimate of drug-likeness (QED) is 0.308. The van der Waals surface area contributed by atoms with E-state index in [2.05, 4.69) is 20.6 Å². The fraction of sp³-hybridized carbons (Fsp3) is 0.217. The first-order chi connectivity index (χ1) is 15.9. The second-order valence-corrected chi connectivity index (χ2v) is 7.88. The Hall–Kier alpha value is -3.79. The largest absolute Gasteiger partial charge is 0.497 e. The zero-order valence-electron chi connectivity index (χ0n) is 18.2. The summed E-state index contributed by atoms with van der Waals surface area (Å²) in [5, 5.41) is 5.82. The summed E-state index contributed by atoms with van der Waals surface area (Å²) in [6.45, 7) is 0.326. The highest BCUT2D eigenvalue weighted by atomic mass is 32.2. The van der Waals surface area contributed by atoms with Gasteiger partial charge in [0.25, 0.3) is 5.56 Å². The van der Waals surface area contributed by atoms with E-state index in [0.717, 1.165) is 17.3 Å². The minimum atomic E-state index is -0.390. The minimum absolute atomic E-state index is 0.0421. The fourth-order valence-electron chi connectivity index (χ4n) is 2.86. The van der Waals surface area contributed by atoms with Gasteiger partial charge in [-0.05, 0) is 42.0 Å². The van der Waals surface area contributed by atoms with Crippen LogP contribution in [-0.4, -0.2) is 41.8 Å². The lowest BCUT2D eigenvalue weighted by Crippen LogP contribution is -2.26. The molecule has 3 aromatic rings. The van der Waals surface area contributed by atoms with Crippen LogP contribution in [0.2, 0.25) is 0 Å². The number of hydrogen-bond donors (Lipinski definition) is 3. The predicted molar refractivity (Wildman–Crippen MR) is 126 cm³/mol. The molecule has 1 heterocycles. The lowest BCUT2D eigenvalue weighted by atomic mass is 10.2. The van der Waals surface area contributed by atoms with Gasteiger partial charge in [0.15, 0.2) is 5.16 Å². The topological polar surface area (TPSA) is 122 Å². The van der Waals surface area contributed by atoms with Crippen LogP contribution in [0.1, 0.15) is 11.3 Å². The number of aromatic nitrogens is 2. The third kappa shape index (κ3) is 7.69. The number of nitrogens with zero attached hydrogens (tertiary/aromatic N) is 1. The van der Waals surface area contributed by atoms with E-state index >= 15 is 0 Å². The number of anilines is 1. The van der Waals surface area contributed by atoms with Gasteiger partial charge in [0, 0.05) is 18.3 Å². The first kappa shape index (κ1) is 23.9. The van der Waals surface area contributed by atoms with Crippen molar-refractivity contribution in [3.63, 3.8) is 0 Å².